The van der Waals surface area contributed by atoms with Crippen molar-refractivity contribution >= 4 is 0 Å². The van der Waals surface area contributed by atoms with Crippen molar-refractivity contribution in [1.82, 2.24) is 9.78 Å². The highest BCUT2D eigenvalue weighted by Gasteiger charge is 2.23. The molecular formula is C15H20N2O2. The molecule has 2 aromatic rings. The molecule has 1 N–H and O–H groups in total. The van der Waals surface area contributed by atoms with Crippen LogP contribution >= 0.6 is 0 Å². The highest BCUT2D eigenvalue weighted by atomic mass is 16.5. The zero-order valence-corrected chi connectivity index (χ0v) is 11.4. The maximum absolute atomic E-state index is 10.2. The first kappa shape index (κ1) is 13.6. The molecule has 1 heterocycles. The van der Waals surface area contributed by atoms with Crippen molar-refractivity contribution in [1.29, 1.82) is 0 Å². The average molecular weight is 260 g/mol. The van der Waals surface area contributed by atoms with Crippen LogP contribution in [-0.4, -0.2) is 27.1 Å². The lowest BCUT2D eigenvalue weighted by molar-refractivity contribution is -0.0113. The molecule has 0 saturated heterocycles. The monoisotopic (exact) mass is 260 g/mol. The fraction of sp³-hybridized carbons (Fsp3) is 0.400. The van der Waals surface area contributed by atoms with Crippen LogP contribution in [0, 0.1) is 0 Å². The molecular weight excluding hydrogens is 240 g/mol. The molecule has 19 heavy (non-hydrogen) atoms. The van der Waals surface area contributed by atoms with Gasteiger partial charge in [0.05, 0.1) is 11.3 Å². The summed E-state index contributed by atoms with van der Waals surface area (Å²) in [7, 11) is 0. The summed E-state index contributed by atoms with van der Waals surface area (Å²) in [6, 6.07) is 9.56. The van der Waals surface area contributed by atoms with E-state index in [1.165, 1.54) is 0 Å². The van der Waals surface area contributed by atoms with E-state index in [1.807, 2.05) is 50.4 Å². The van der Waals surface area contributed by atoms with Crippen molar-refractivity contribution in [3.63, 3.8) is 0 Å². The van der Waals surface area contributed by atoms with Gasteiger partial charge < -0.3 is 9.84 Å². The topological polar surface area (TPSA) is 47.3 Å². The zero-order valence-electron chi connectivity index (χ0n) is 11.4. The summed E-state index contributed by atoms with van der Waals surface area (Å²) in [5, 5.41) is 14.4. The summed E-state index contributed by atoms with van der Waals surface area (Å²) in [5.41, 5.74) is 0.195. The van der Waals surface area contributed by atoms with Crippen molar-refractivity contribution < 1.29 is 9.84 Å². The number of hydrogen-bond donors (Lipinski definition) is 1. The van der Waals surface area contributed by atoms with Crippen LogP contribution in [0.5, 0.6) is 5.75 Å². The lowest BCUT2D eigenvalue weighted by atomic mass is 9.99. The van der Waals surface area contributed by atoms with Gasteiger partial charge in [0.2, 0.25) is 0 Å². The standard InChI is InChI=1S/C15H20N2O2/c1-3-15(18,4-2)12-19-14-8-5-7-13(11-14)17-10-6-9-16-17/h5-11,18H,3-4,12H2,1-2H3. The van der Waals surface area contributed by atoms with Gasteiger partial charge in [0, 0.05) is 18.5 Å². The second-order valence-corrected chi connectivity index (χ2v) is 4.67. The van der Waals surface area contributed by atoms with Gasteiger partial charge in [-0.1, -0.05) is 19.9 Å². The van der Waals surface area contributed by atoms with Crippen LogP contribution in [0.4, 0.5) is 0 Å². The van der Waals surface area contributed by atoms with E-state index in [0.29, 0.717) is 19.4 Å². The maximum atomic E-state index is 10.2. The van der Waals surface area contributed by atoms with E-state index < -0.39 is 5.60 Å². The van der Waals surface area contributed by atoms with E-state index >= 15 is 0 Å². The SMILES string of the molecule is CCC(O)(CC)COc1cccc(-n2cccn2)c1. The largest absolute Gasteiger partial charge is 0.491 e. The van der Waals surface area contributed by atoms with Crippen LogP contribution < -0.4 is 4.74 Å². The predicted molar refractivity (Wildman–Crippen MR) is 74.6 cm³/mol. The van der Waals surface area contributed by atoms with Gasteiger partial charge in [-0.05, 0) is 31.0 Å². The molecule has 102 valence electrons. The Morgan fingerprint density at radius 1 is 1.26 bits per heavy atom. The summed E-state index contributed by atoms with van der Waals surface area (Å²) in [6.07, 6.45) is 4.98. The van der Waals surface area contributed by atoms with Crippen LogP contribution in [0.2, 0.25) is 0 Å². The molecule has 0 aliphatic heterocycles. The van der Waals surface area contributed by atoms with E-state index in [9.17, 15) is 5.11 Å². The molecule has 0 aliphatic carbocycles. The van der Waals surface area contributed by atoms with E-state index in [4.69, 9.17) is 4.74 Å². The number of aliphatic hydroxyl groups is 1. The molecule has 2 rings (SSSR count). The number of aromatic nitrogens is 2. The summed E-state index contributed by atoms with van der Waals surface area (Å²) in [4.78, 5) is 0. The van der Waals surface area contributed by atoms with E-state index in [-0.39, 0.29) is 0 Å². The highest BCUT2D eigenvalue weighted by molar-refractivity contribution is 5.38. The second kappa shape index (κ2) is 5.89. The first-order valence-electron chi connectivity index (χ1n) is 6.62. The van der Waals surface area contributed by atoms with Gasteiger partial charge in [0.1, 0.15) is 12.4 Å². The predicted octanol–water partition coefficient (Wildman–Crippen LogP) is 2.80. The number of ether oxygens (including phenoxy) is 1. The molecule has 0 spiro atoms. The quantitative estimate of drug-likeness (QED) is 0.868. The Morgan fingerprint density at radius 3 is 2.68 bits per heavy atom. The van der Waals surface area contributed by atoms with Gasteiger partial charge in [-0.15, -0.1) is 0 Å². The Morgan fingerprint density at radius 2 is 2.05 bits per heavy atom. The molecule has 0 atom stereocenters. The van der Waals surface area contributed by atoms with Crippen molar-refractivity contribution in [2.75, 3.05) is 6.61 Å². The Balaban J connectivity index is 2.08. The highest BCUT2D eigenvalue weighted by Crippen LogP contribution is 2.20. The molecule has 0 bridgehead atoms. The first-order chi connectivity index (χ1) is 9.17. The minimum Gasteiger partial charge on any atom is -0.491 e. The molecule has 1 aromatic heterocycles. The lowest BCUT2D eigenvalue weighted by Gasteiger charge is -2.25. The van der Waals surface area contributed by atoms with Crippen molar-refractivity contribution in [3.8, 4) is 11.4 Å². The van der Waals surface area contributed by atoms with Gasteiger partial charge >= 0.3 is 0 Å². The Kier molecular flexibility index (Phi) is 4.22. The van der Waals surface area contributed by atoms with Crippen LogP contribution in [0.15, 0.2) is 42.7 Å². The summed E-state index contributed by atoms with van der Waals surface area (Å²) >= 11 is 0. The third-order valence-corrected chi connectivity index (χ3v) is 3.41. The van der Waals surface area contributed by atoms with Gasteiger partial charge in [-0.25, -0.2) is 4.68 Å². The molecule has 0 radical (unpaired) electrons. The Hall–Kier alpha value is -1.81. The summed E-state index contributed by atoms with van der Waals surface area (Å²) in [5.74, 6) is 0.744. The molecule has 4 heteroatoms. The third kappa shape index (κ3) is 3.35. The van der Waals surface area contributed by atoms with Crippen LogP contribution in [0.1, 0.15) is 26.7 Å². The third-order valence-electron chi connectivity index (χ3n) is 3.41. The molecule has 1 aromatic carbocycles. The fourth-order valence-electron chi connectivity index (χ4n) is 1.81. The van der Waals surface area contributed by atoms with E-state index in [1.54, 1.807) is 10.9 Å². The Bertz CT molecular complexity index is 505. The average Bonchev–Trinajstić information content (AvgIpc) is 2.99. The van der Waals surface area contributed by atoms with Gasteiger partial charge in [-0.2, -0.15) is 5.10 Å². The second-order valence-electron chi connectivity index (χ2n) is 4.67. The summed E-state index contributed by atoms with van der Waals surface area (Å²) < 4.78 is 7.48. The Labute approximate surface area is 113 Å². The van der Waals surface area contributed by atoms with Gasteiger partial charge in [-0.3, -0.25) is 0 Å². The number of hydrogen-bond acceptors (Lipinski definition) is 3. The molecule has 0 saturated carbocycles. The van der Waals surface area contributed by atoms with E-state index in [0.717, 1.165) is 11.4 Å². The molecule has 0 amide bonds. The lowest BCUT2D eigenvalue weighted by Crippen LogP contribution is -2.34. The fourth-order valence-corrected chi connectivity index (χ4v) is 1.81. The molecule has 0 unspecified atom stereocenters. The van der Waals surface area contributed by atoms with Crippen molar-refractivity contribution in [3.05, 3.63) is 42.7 Å². The van der Waals surface area contributed by atoms with E-state index in [2.05, 4.69) is 5.10 Å². The number of nitrogens with zero attached hydrogens (tertiary/aromatic N) is 2. The number of rotatable bonds is 6. The van der Waals surface area contributed by atoms with Crippen molar-refractivity contribution in [2.45, 2.75) is 32.3 Å². The van der Waals surface area contributed by atoms with Crippen LogP contribution in [0.3, 0.4) is 0 Å². The smallest absolute Gasteiger partial charge is 0.121 e. The summed E-state index contributed by atoms with van der Waals surface area (Å²) in [6.45, 7) is 4.24. The minimum atomic E-state index is -0.748. The zero-order chi connectivity index (χ0) is 13.7. The van der Waals surface area contributed by atoms with Crippen LogP contribution in [0.25, 0.3) is 5.69 Å². The minimum absolute atomic E-state index is 0.308. The van der Waals surface area contributed by atoms with Gasteiger partial charge in [0.25, 0.3) is 0 Å². The maximum Gasteiger partial charge on any atom is 0.121 e. The van der Waals surface area contributed by atoms with Gasteiger partial charge in [0.15, 0.2) is 0 Å². The normalized spacial score (nSPS) is 11.5. The molecule has 0 aliphatic rings. The first-order valence-corrected chi connectivity index (χ1v) is 6.62. The molecule has 4 nitrogen and oxygen atoms in total. The number of benzene rings is 1. The molecule has 0 fully saturated rings. The van der Waals surface area contributed by atoms with Crippen molar-refractivity contribution in [2.24, 2.45) is 0 Å². The van der Waals surface area contributed by atoms with Crippen LogP contribution in [-0.2, 0) is 0 Å².